The summed E-state index contributed by atoms with van der Waals surface area (Å²) in [5.41, 5.74) is 1.18. The van der Waals surface area contributed by atoms with Crippen molar-refractivity contribution < 1.29 is 9.47 Å². The van der Waals surface area contributed by atoms with E-state index in [1.807, 2.05) is 26.0 Å². The number of hydrogen-bond donors (Lipinski definition) is 1. The third kappa shape index (κ3) is 3.87. The zero-order valence-corrected chi connectivity index (χ0v) is 12.2. The molecule has 1 N–H and O–H groups in total. The Hall–Kier alpha value is -1.22. The Morgan fingerprint density at radius 2 is 2.00 bits per heavy atom. The van der Waals surface area contributed by atoms with Crippen molar-refractivity contribution >= 4 is 0 Å². The summed E-state index contributed by atoms with van der Waals surface area (Å²) >= 11 is 0. The van der Waals surface area contributed by atoms with Gasteiger partial charge in [0.15, 0.2) is 11.5 Å². The summed E-state index contributed by atoms with van der Waals surface area (Å²) in [6.07, 6.45) is 5.45. The highest BCUT2D eigenvalue weighted by Gasteiger charge is 2.16. The second kappa shape index (κ2) is 6.80. The number of para-hydroxylation sites is 1. The van der Waals surface area contributed by atoms with Crippen molar-refractivity contribution in [1.29, 1.82) is 0 Å². The quantitative estimate of drug-likeness (QED) is 0.852. The highest BCUT2D eigenvalue weighted by Crippen LogP contribution is 2.32. The van der Waals surface area contributed by atoms with Gasteiger partial charge in [-0.15, -0.1) is 0 Å². The molecule has 1 fully saturated rings. The first kappa shape index (κ1) is 14.2. The van der Waals surface area contributed by atoms with Gasteiger partial charge in [0.2, 0.25) is 0 Å². The second-order valence-electron chi connectivity index (χ2n) is 5.48. The number of benzene rings is 1. The van der Waals surface area contributed by atoms with Gasteiger partial charge in [0, 0.05) is 18.2 Å². The van der Waals surface area contributed by atoms with Crippen LogP contribution in [0.15, 0.2) is 18.2 Å². The lowest BCUT2D eigenvalue weighted by Gasteiger charge is -2.19. The van der Waals surface area contributed by atoms with E-state index >= 15 is 0 Å². The first-order valence-corrected chi connectivity index (χ1v) is 7.26. The Labute approximate surface area is 116 Å². The van der Waals surface area contributed by atoms with Crippen molar-refractivity contribution in [3.8, 4) is 11.5 Å². The van der Waals surface area contributed by atoms with Crippen molar-refractivity contribution in [3.63, 3.8) is 0 Å². The lowest BCUT2D eigenvalue weighted by Crippen LogP contribution is -2.25. The first-order valence-electron chi connectivity index (χ1n) is 7.26. The topological polar surface area (TPSA) is 30.5 Å². The lowest BCUT2D eigenvalue weighted by molar-refractivity contribution is 0.227. The molecule has 0 bridgehead atoms. The van der Waals surface area contributed by atoms with E-state index < -0.39 is 0 Å². The summed E-state index contributed by atoms with van der Waals surface area (Å²) < 4.78 is 11.3. The Morgan fingerprint density at radius 3 is 2.63 bits per heavy atom. The maximum atomic E-state index is 5.92. The highest BCUT2D eigenvalue weighted by molar-refractivity contribution is 5.46. The van der Waals surface area contributed by atoms with Gasteiger partial charge in [-0.25, -0.2) is 0 Å². The van der Waals surface area contributed by atoms with Crippen LogP contribution in [0.3, 0.4) is 0 Å². The van der Waals surface area contributed by atoms with E-state index in [-0.39, 0.29) is 6.10 Å². The summed E-state index contributed by atoms with van der Waals surface area (Å²) in [6.45, 7) is 4.94. The third-order valence-electron chi connectivity index (χ3n) is 3.57. The fourth-order valence-corrected chi connectivity index (χ4v) is 2.61. The molecule has 0 aromatic heterocycles. The van der Waals surface area contributed by atoms with Crippen molar-refractivity contribution in [2.75, 3.05) is 7.11 Å². The van der Waals surface area contributed by atoms with Crippen LogP contribution in [0.2, 0.25) is 0 Å². The average molecular weight is 263 g/mol. The molecule has 3 heteroatoms. The van der Waals surface area contributed by atoms with Gasteiger partial charge in [0.25, 0.3) is 0 Å². The summed E-state index contributed by atoms with van der Waals surface area (Å²) in [7, 11) is 1.69. The van der Waals surface area contributed by atoms with Crippen LogP contribution in [0.4, 0.5) is 0 Å². The van der Waals surface area contributed by atoms with E-state index in [2.05, 4.69) is 11.4 Å². The Balaban J connectivity index is 2.08. The fourth-order valence-electron chi connectivity index (χ4n) is 2.61. The second-order valence-corrected chi connectivity index (χ2v) is 5.48. The summed E-state index contributed by atoms with van der Waals surface area (Å²) in [5, 5.41) is 3.63. The number of methoxy groups -OCH3 is 1. The minimum absolute atomic E-state index is 0.154. The molecule has 1 saturated carbocycles. The molecule has 1 aromatic rings. The predicted molar refractivity (Wildman–Crippen MR) is 77.9 cm³/mol. The Morgan fingerprint density at radius 1 is 1.26 bits per heavy atom. The molecule has 0 saturated heterocycles. The average Bonchev–Trinajstić information content (AvgIpc) is 2.90. The van der Waals surface area contributed by atoms with Gasteiger partial charge in [-0.2, -0.15) is 0 Å². The van der Waals surface area contributed by atoms with Crippen molar-refractivity contribution in [3.05, 3.63) is 23.8 Å². The molecule has 0 radical (unpaired) electrons. The molecular weight excluding hydrogens is 238 g/mol. The Bertz CT molecular complexity index is 398. The summed E-state index contributed by atoms with van der Waals surface area (Å²) in [5.74, 6) is 1.70. The van der Waals surface area contributed by atoms with E-state index in [1.165, 1.54) is 31.2 Å². The van der Waals surface area contributed by atoms with E-state index in [0.29, 0.717) is 6.04 Å². The molecule has 0 amide bonds. The molecule has 19 heavy (non-hydrogen) atoms. The van der Waals surface area contributed by atoms with Crippen LogP contribution in [-0.4, -0.2) is 19.3 Å². The fraction of sp³-hybridized carbons (Fsp3) is 0.625. The summed E-state index contributed by atoms with van der Waals surface area (Å²) in [6, 6.07) is 6.76. The van der Waals surface area contributed by atoms with Crippen molar-refractivity contribution in [1.82, 2.24) is 5.32 Å². The molecule has 106 valence electrons. The molecule has 3 nitrogen and oxygen atoms in total. The molecule has 2 rings (SSSR count). The van der Waals surface area contributed by atoms with Crippen molar-refractivity contribution in [2.45, 2.75) is 58.2 Å². The van der Waals surface area contributed by atoms with Crippen LogP contribution in [0, 0.1) is 0 Å². The monoisotopic (exact) mass is 263 g/mol. The molecular formula is C16H25NO2. The van der Waals surface area contributed by atoms with Gasteiger partial charge in [-0.1, -0.05) is 25.0 Å². The van der Waals surface area contributed by atoms with Crippen LogP contribution >= 0.6 is 0 Å². The standard InChI is InChI=1S/C16H25NO2/c1-12(2)19-16-13(7-6-10-15(16)18-3)11-17-14-8-4-5-9-14/h6-7,10,12,14,17H,4-5,8-9,11H2,1-3H3. The van der Waals surface area contributed by atoms with E-state index in [0.717, 1.165) is 18.0 Å². The van der Waals surface area contributed by atoms with Gasteiger partial charge in [-0.05, 0) is 32.8 Å². The molecule has 0 heterocycles. The maximum absolute atomic E-state index is 5.92. The molecule has 0 aliphatic heterocycles. The van der Waals surface area contributed by atoms with Crippen LogP contribution in [-0.2, 0) is 6.54 Å². The molecule has 0 unspecified atom stereocenters. The number of ether oxygens (including phenoxy) is 2. The van der Waals surface area contributed by atoms with Crippen LogP contribution in [0.1, 0.15) is 45.1 Å². The predicted octanol–water partition coefficient (Wildman–Crippen LogP) is 3.51. The summed E-state index contributed by atoms with van der Waals surface area (Å²) in [4.78, 5) is 0. The third-order valence-corrected chi connectivity index (χ3v) is 3.57. The van der Waals surface area contributed by atoms with E-state index in [9.17, 15) is 0 Å². The molecule has 0 spiro atoms. The first-order chi connectivity index (χ1) is 9.20. The minimum atomic E-state index is 0.154. The molecule has 1 aliphatic carbocycles. The van der Waals surface area contributed by atoms with Gasteiger partial charge in [0.05, 0.1) is 13.2 Å². The minimum Gasteiger partial charge on any atom is -0.493 e. The normalized spacial score (nSPS) is 16.0. The zero-order chi connectivity index (χ0) is 13.7. The molecule has 1 aromatic carbocycles. The van der Waals surface area contributed by atoms with Gasteiger partial charge in [0.1, 0.15) is 0 Å². The maximum Gasteiger partial charge on any atom is 0.166 e. The van der Waals surface area contributed by atoms with Crippen LogP contribution in [0.5, 0.6) is 11.5 Å². The van der Waals surface area contributed by atoms with Gasteiger partial charge in [-0.3, -0.25) is 0 Å². The van der Waals surface area contributed by atoms with Gasteiger partial charge < -0.3 is 14.8 Å². The van der Waals surface area contributed by atoms with Crippen molar-refractivity contribution in [2.24, 2.45) is 0 Å². The number of rotatable bonds is 6. The SMILES string of the molecule is COc1cccc(CNC2CCCC2)c1OC(C)C. The number of hydrogen-bond acceptors (Lipinski definition) is 3. The molecule has 1 aliphatic rings. The lowest BCUT2D eigenvalue weighted by atomic mass is 10.1. The van der Waals surface area contributed by atoms with Crippen LogP contribution in [0.25, 0.3) is 0 Å². The number of nitrogens with one attached hydrogen (secondary N) is 1. The van der Waals surface area contributed by atoms with Crippen LogP contribution < -0.4 is 14.8 Å². The largest absolute Gasteiger partial charge is 0.493 e. The molecule has 0 atom stereocenters. The Kier molecular flexibility index (Phi) is 5.08. The zero-order valence-electron chi connectivity index (χ0n) is 12.2. The highest BCUT2D eigenvalue weighted by atomic mass is 16.5. The smallest absolute Gasteiger partial charge is 0.166 e. The van der Waals surface area contributed by atoms with E-state index in [4.69, 9.17) is 9.47 Å². The van der Waals surface area contributed by atoms with Gasteiger partial charge >= 0.3 is 0 Å². The van der Waals surface area contributed by atoms with E-state index in [1.54, 1.807) is 7.11 Å².